The highest BCUT2D eigenvalue weighted by molar-refractivity contribution is 7.81. The van der Waals surface area contributed by atoms with E-state index in [0.29, 0.717) is 0 Å². The first-order valence-electron chi connectivity index (χ1n) is 7.76. The van der Waals surface area contributed by atoms with Crippen molar-refractivity contribution in [2.45, 2.75) is 32.6 Å². The van der Waals surface area contributed by atoms with Crippen molar-refractivity contribution in [3.05, 3.63) is 77.1 Å². The Labute approximate surface area is 137 Å². The van der Waals surface area contributed by atoms with E-state index in [0.717, 1.165) is 47.2 Å². The predicted molar refractivity (Wildman–Crippen MR) is 96.8 cm³/mol. The number of aryl methyl sites for hydroxylation is 1. The third kappa shape index (κ3) is 4.88. The molecular formula is C20H21FS. The lowest BCUT2D eigenvalue weighted by molar-refractivity contribution is 0.598. The fraction of sp³-hybridized carbons (Fsp3) is 0.250. The Morgan fingerprint density at radius 3 is 2.55 bits per heavy atom. The zero-order chi connectivity index (χ0) is 15.8. The third-order valence-electron chi connectivity index (χ3n) is 3.61. The van der Waals surface area contributed by atoms with E-state index in [1.54, 1.807) is 6.07 Å². The Morgan fingerprint density at radius 2 is 1.86 bits per heavy atom. The Morgan fingerprint density at radius 1 is 1.09 bits per heavy atom. The average molecular weight is 312 g/mol. The van der Waals surface area contributed by atoms with Crippen LogP contribution in [0.1, 0.15) is 42.9 Å². The van der Waals surface area contributed by atoms with Gasteiger partial charge in [0.2, 0.25) is 0 Å². The largest absolute Gasteiger partial charge is 0.207 e. The quantitative estimate of drug-likeness (QED) is 0.262. The summed E-state index contributed by atoms with van der Waals surface area (Å²) < 4.78 is 14.1. The number of hydrogen-bond acceptors (Lipinski definition) is 1. The molecule has 0 fully saturated rings. The smallest absolute Gasteiger partial charge is 0.126 e. The first-order valence-corrected chi connectivity index (χ1v) is 8.17. The second-order valence-electron chi connectivity index (χ2n) is 5.37. The average Bonchev–Trinajstić information content (AvgIpc) is 2.55. The van der Waals surface area contributed by atoms with E-state index in [1.165, 1.54) is 0 Å². The van der Waals surface area contributed by atoms with Gasteiger partial charge in [-0.1, -0.05) is 80.5 Å². The number of benzene rings is 2. The van der Waals surface area contributed by atoms with Gasteiger partial charge in [-0.15, -0.1) is 0 Å². The first kappa shape index (κ1) is 16.6. The van der Waals surface area contributed by atoms with Crippen LogP contribution < -0.4 is 0 Å². The van der Waals surface area contributed by atoms with E-state index in [-0.39, 0.29) is 5.82 Å². The highest BCUT2D eigenvalue weighted by atomic mass is 32.1. The van der Waals surface area contributed by atoms with Gasteiger partial charge in [-0.2, -0.15) is 0 Å². The summed E-state index contributed by atoms with van der Waals surface area (Å²) in [5.41, 5.74) is 2.65. The lowest BCUT2D eigenvalue weighted by Gasteiger charge is -2.04. The number of thiocarbonyl (C=S) groups is 1. The Balaban J connectivity index is 2.02. The van der Waals surface area contributed by atoms with E-state index in [9.17, 15) is 4.39 Å². The molecule has 0 aromatic heterocycles. The zero-order valence-electron chi connectivity index (χ0n) is 12.9. The van der Waals surface area contributed by atoms with Crippen LogP contribution >= 0.6 is 12.2 Å². The van der Waals surface area contributed by atoms with Crippen LogP contribution in [0.15, 0.2) is 54.6 Å². The SMILES string of the molecule is CCCCCc1ccc(C=CC(=S)c2ccccc2)cc1F. The van der Waals surface area contributed by atoms with E-state index < -0.39 is 0 Å². The number of hydrogen-bond donors (Lipinski definition) is 0. The molecule has 0 saturated carbocycles. The minimum atomic E-state index is -0.121. The van der Waals surface area contributed by atoms with Gasteiger partial charge < -0.3 is 0 Å². The number of rotatable bonds is 7. The van der Waals surface area contributed by atoms with Crippen LogP contribution in [0.3, 0.4) is 0 Å². The molecule has 0 saturated heterocycles. The van der Waals surface area contributed by atoms with E-state index in [1.807, 2.05) is 54.6 Å². The minimum absolute atomic E-state index is 0.121. The second-order valence-corrected chi connectivity index (χ2v) is 5.81. The molecule has 0 bridgehead atoms. The van der Waals surface area contributed by atoms with Crippen molar-refractivity contribution in [1.82, 2.24) is 0 Å². The van der Waals surface area contributed by atoms with Crippen LogP contribution in [0.25, 0.3) is 6.08 Å². The summed E-state index contributed by atoms with van der Waals surface area (Å²) in [6.07, 6.45) is 7.88. The number of unbranched alkanes of at least 4 members (excludes halogenated alkanes) is 2. The van der Waals surface area contributed by atoms with Crippen LogP contribution in [0.2, 0.25) is 0 Å². The molecule has 2 rings (SSSR count). The van der Waals surface area contributed by atoms with Crippen molar-refractivity contribution >= 4 is 23.2 Å². The topological polar surface area (TPSA) is 0 Å². The molecule has 2 aromatic carbocycles. The summed E-state index contributed by atoms with van der Waals surface area (Å²) in [4.78, 5) is 0.757. The van der Waals surface area contributed by atoms with Gasteiger partial charge in [0.25, 0.3) is 0 Å². The minimum Gasteiger partial charge on any atom is -0.207 e. The molecular weight excluding hydrogens is 291 g/mol. The molecule has 0 aliphatic rings. The molecule has 0 unspecified atom stereocenters. The van der Waals surface area contributed by atoms with Gasteiger partial charge in [0.1, 0.15) is 5.82 Å². The van der Waals surface area contributed by atoms with Gasteiger partial charge in [0, 0.05) is 4.86 Å². The molecule has 0 spiro atoms. The van der Waals surface area contributed by atoms with Gasteiger partial charge in [0.15, 0.2) is 0 Å². The monoisotopic (exact) mass is 312 g/mol. The summed E-state index contributed by atoms with van der Waals surface area (Å²) in [5.74, 6) is -0.121. The van der Waals surface area contributed by atoms with Crippen molar-refractivity contribution in [3.8, 4) is 0 Å². The number of allylic oxidation sites excluding steroid dienone is 1. The maximum Gasteiger partial charge on any atom is 0.126 e. The van der Waals surface area contributed by atoms with Crippen LogP contribution in [0, 0.1) is 5.82 Å². The summed E-state index contributed by atoms with van der Waals surface area (Å²) >= 11 is 5.37. The molecule has 0 nitrogen and oxygen atoms in total. The summed E-state index contributed by atoms with van der Waals surface area (Å²) in [6.45, 7) is 2.15. The van der Waals surface area contributed by atoms with Crippen LogP contribution in [-0.4, -0.2) is 4.86 Å². The molecule has 0 aliphatic heterocycles. The van der Waals surface area contributed by atoms with Crippen LogP contribution in [-0.2, 0) is 6.42 Å². The van der Waals surface area contributed by atoms with E-state index >= 15 is 0 Å². The van der Waals surface area contributed by atoms with E-state index in [2.05, 4.69) is 6.92 Å². The van der Waals surface area contributed by atoms with Crippen molar-refractivity contribution in [1.29, 1.82) is 0 Å². The van der Waals surface area contributed by atoms with Crippen molar-refractivity contribution in [2.75, 3.05) is 0 Å². The summed E-state index contributed by atoms with van der Waals surface area (Å²) in [5, 5.41) is 0. The molecule has 2 aromatic rings. The molecule has 0 N–H and O–H groups in total. The maximum absolute atomic E-state index is 14.1. The maximum atomic E-state index is 14.1. The Kier molecular flexibility index (Phi) is 6.47. The third-order valence-corrected chi connectivity index (χ3v) is 3.98. The molecule has 114 valence electrons. The molecule has 0 heterocycles. The lowest BCUT2D eigenvalue weighted by Crippen LogP contribution is -1.93. The van der Waals surface area contributed by atoms with Gasteiger partial charge in [-0.3, -0.25) is 0 Å². The van der Waals surface area contributed by atoms with Gasteiger partial charge in [0.05, 0.1) is 0 Å². The fourth-order valence-electron chi connectivity index (χ4n) is 2.31. The molecule has 0 radical (unpaired) electrons. The standard InChI is InChI=1S/C20H21FS/c1-2-3-5-8-17-13-11-16(15-19(17)21)12-14-20(22)18-9-6-4-7-10-18/h4,6-7,9-15H,2-3,5,8H2,1H3. The molecule has 0 amide bonds. The molecule has 22 heavy (non-hydrogen) atoms. The summed E-state index contributed by atoms with van der Waals surface area (Å²) in [7, 11) is 0. The van der Waals surface area contributed by atoms with Crippen LogP contribution in [0.5, 0.6) is 0 Å². The van der Waals surface area contributed by atoms with Gasteiger partial charge in [-0.05, 0) is 41.7 Å². The normalized spacial score (nSPS) is 11.0. The predicted octanol–water partition coefficient (Wildman–Crippen LogP) is 5.99. The van der Waals surface area contributed by atoms with Gasteiger partial charge in [-0.25, -0.2) is 4.39 Å². The van der Waals surface area contributed by atoms with Crippen LogP contribution in [0.4, 0.5) is 4.39 Å². The molecule has 0 aliphatic carbocycles. The second kappa shape index (κ2) is 8.60. The Hall–Kier alpha value is -1.80. The first-order chi connectivity index (χ1) is 10.7. The van der Waals surface area contributed by atoms with Gasteiger partial charge >= 0.3 is 0 Å². The highest BCUT2D eigenvalue weighted by Crippen LogP contribution is 2.15. The molecule has 0 atom stereocenters. The van der Waals surface area contributed by atoms with E-state index in [4.69, 9.17) is 12.2 Å². The Bertz CT molecular complexity index is 644. The highest BCUT2D eigenvalue weighted by Gasteiger charge is 2.02. The number of halogens is 1. The van der Waals surface area contributed by atoms with Crippen molar-refractivity contribution in [2.24, 2.45) is 0 Å². The van der Waals surface area contributed by atoms with Crippen molar-refractivity contribution in [3.63, 3.8) is 0 Å². The zero-order valence-corrected chi connectivity index (χ0v) is 13.7. The molecule has 2 heteroatoms. The van der Waals surface area contributed by atoms with Crippen molar-refractivity contribution < 1.29 is 4.39 Å². The summed E-state index contributed by atoms with van der Waals surface area (Å²) in [6, 6.07) is 15.3. The fourth-order valence-corrected chi connectivity index (χ4v) is 2.51. The lowest BCUT2D eigenvalue weighted by atomic mass is 10.0.